The molecule has 1 aromatic rings. The largest absolute Gasteiger partial charge is 0.273 e. The molecule has 0 fully saturated rings. The van der Waals surface area contributed by atoms with Gasteiger partial charge in [-0.3, -0.25) is 15.2 Å². The molecule has 0 aliphatic carbocycles. The lowest BCUT2D eigenvalue weighted by Crippen LogP contribution is -2.40. The van der Waals surface area contributed by atoms with E-state index in [4.69, 9.17) is 16.9 Å². The minimum Gasteiger partial charge on any atom is -0.273 e. The minimum atomic E-state index is -0.157. The highest BCUT2D eigenvalue weighted by Gasteiger charge is 2.14. The average molecular weight is 253 g/mol. The van der Waals surface area contributed by atoms with E-state index in [2.05, 4.69) is 10.4 Å². The molecule has 0 aliphatic rings. The zero-order chi connectivity index (χ0) is 13.0. The molecule has 90 valence electrons. The predicted molar refractivity (Wildman–Crippen MR) is 65.5 cm³/mol. The van der Waals surface area contributed by atoms with Gasteiger partial charge in [0.05, 0.1) is 5.56 Å². The number of hydrogen-bond acceptors (Lipinski definition) is 4. The van der Waals surface area contributed by atoms with Gasteiger partial charge in [-0.05, 0) is 18.6 Å². The number of nitrogens with one attached hydrogen (secondary N) is 1. The van der Waals surface area contributed by atoms with E-state index in [0.29, 0.717) is 17.8 Å². The number of carbonyl (C=O) groups is 1. The molecule has 0 atom stereocenters. The first-order valence-corrected chi connectivity index (χ1v) is 5.47. The van der Waals surface area contributed by atoms with E-state index in [1.54, 1.807) is 27.0 Å². The van der Waals surface area contributed by atoms with E-state index in [9.17, 15) is 4.79 Å². The van der Waals surface area contributed by atoms with Crippen LogP contribution in [0.4, 0.5) is 5.82 Å². The first-order valence-electron chi connectivity index (χ1n) is 5.10. The Labute approximate surface area is 105 Å². The summed E-state index contributed by atoms with van der Waals surface area (Å²) >= 11 is 5.83. The SMILES string of the molecule is CCC(=O)NN(C)c1nc(Cl)cc(C)c1C#N. The summed E-state index contributed by atoms with van der Waals surface area (Å²) < 4.78 is 0. The molecular formula is C11H13ClN4O. The number of halogens is 1. The average Bonchev–Trinajstić information content (AvgIpc) is 2.27. The van der Waals surface area contributed by atoms with Gasteiger partial charge in [0.15, 0.2) is 5.82 Å². The van der Waals surface area contributed by atoms with E-state index in [1.807, 2.05) is 6.07 Å². The van der Waals surface area contributed by atoms with Crippen molar-refractivity contribution < 1.29 is 4.79 Å². The van der Waals surface area contributed by atoms with Gasteiger partial charge in [0.25, 0.3) is 0 Å². The van der Waals surface area contributed by atoms with Crippen LogP contribution in [0.5, 0.6) is 0 Å². The van der Waals surface area contributed by atoms with Gasteiger partial charge in [0.1, 0.15) is 11.2 Å². The number of rotatable bonds is 3. The van der Waals surface area contributed by atoms with Crippen molar-refractivity contribution >= 4 is 23.3 Å². The number of pyridine rings is 1. The summed E-state index contributed by atoms with van der Waals surface area (Å²) in [7, 11) is 1.62. The Morgan fingerprint density at radius 2 is 2.35 bits per heavy atom. The van der Waals surface area contributed by atoms with Crippen molar-refractivity contribution in [2.24, 2.45) is 0 Å². The van der Waals surface area contributed by atoms with Crippen LogP contribution in [0.2, 0.25) is 5.15 Å². The van der Waals surface area contributed by atoms with Crippen LogP contribution in [-0.2, 0) is 4.79 Å². The van der Waals surface area contributed by atoms with Crippen LogP contribution in [0, 0.1) is 18.3 Å². The first kappa shape index (κ1) is 13.3. The molecule has 0 bridgehead atoms. The smallest absolute Gasteiger partial charge is 0.238 e. The molecule has 1 amide bonds. The molecule has 17 heavy (non-hydrogen) atoms. The van der Waals surface area contributed by atoms with Crippen LogP contribution in [0.1, 0.15) is 24.5 Å². The number of aromatic nitrogens is 1. The van der Waals surface area contributed by atoms with Crippen molar-refractivity contribution in [1.82, 2.24) is 10.4 Å². The molecular weight excluding hydrogens is 240 g/mol. The monoisotopic (exact) mass is 252 g/mol. The van der Waals surface area contributed by atoms with E-state index < -0.39 is 0 Å². The molecule has 0 spiro atoms. The fourth-order valence-corrected chi connectivity index (χ4v) is 1.56. The van der Waals surface area contributed by atoms with Gasteiger partial charge in [-0.2, -0.15) is 5.26 Å². The second-order valence-electron chi connectivity index (χ2n) is 3.52. The van der Waals surface area contributed by atoms with Gasteiger partial charge in [-0.25, -0.2) is 4.98 Å². The van der Waals surface area contributed by atoms with Crippen LogP contribution < -0.4 is 10.4 Å². The Morgan fingerprint density at radius 1 is 1.71 bits per heavy atom. The zero-order valence-corrected chi connectivity index (χ0v) is 10.7. The Hall–Kier alpha value is -1.80. The fraction of sp³-hybridized carbons (Fsp3) is 0.364. The summed E-state index contributed by atoms with van der Waals surface area (Å²) in [5.74, 6) is 0.190. The number of anilines is 1. The number of carbonyl (C=O) groups excluding carboxylic acids is 1. The third-order valence-electron chi connectivity index (χ3n) is 2.21. The van der Waals surface area contributed by atoms with Crippen molar-refractivity contribution in [3.05, 3.63) is 22.3 Å². The lowest BCUT2D eigenvalue weighted by atomic mass is 10.1. The molecule has 1 heterocycles. The van der Waals surface area contributed by atoms with Gasteiger partial charge in [-0.1, -0.05) is 18.5 Å². The lowest BCUT2D eigenvalue weighted by molar-refractivity contribution is -0.120. The lowest BCUT2D eigenvalue weighted by Gasteiger charge is -2.20. The van der Waals surface area contributed by atoms with Gasteiger partial charge in [0, 0.05) is 13.5 Å². The third kappa shape index (κ3) is 3.08. The summed E-state index contributed by atoms with van der Waals surface area (Å²) in [5, 5.41) is 10.8. The van der Waals surface area contributed by atoms with E-state index in [-0.39, 0.29) is 11.1 Å². The number of hydrazine groups is 1. The standard InChI is InChI=1S/C11H13ClN4O/c1-4-10(17)15-16(3)11-8(6-13)7(2)5-9(12)14-11/h5H,4H2,1-3H3,(H,15,17). The van der Waals surface area contributed by atoms with Crippen LogP contribution in [0.15, 0.2) is 6.07 Å². The van der Waals surface area contributed by atoms with Crippen molar-refractivity contribution in [3.63, 3.8) is 0 Å². The quantitative estimate of drug-likeness (QED) is 0.658. The highest BCUT2D eigenvalue weighted by molar-refractivity contribution is 6.29. The maximum absolute atomic E-state index is 11.3. The van der Waals surface area contributed by atoms with Crippen LogP contribution >= 0.6 is 11.6 Å². The Balaban J connectivity index is 3.12. The highest BCUT2D eigenvalue weighted by Crippen LogP contribution is 2.22. The molecule has 6 heteroatoms. The third-order valence-corrected chi connectivity index (χ3v) is 2.40. The van der Waals surface area contributed by atoms with Crippen molar-refractivity contribution in [2.45, 2.75) is 20.3 Å². The van der Waals surface area contributed by atoms with Crippen molar-refractivity contribution in [1.29, 1.82) is 5.26 Å². The topological polar surface area (TPSA) is 69.0 Å². The van der Waals surface area contributed by atoms with Crippen molar-refractivity contribution in [2.75, 3.05) is 12.1 Å². The highest BCUT2D eigenvalue weighted by atomic mass is 35.5. The molecule has 0 saturated heterocycles. The second-order valence-corrected chi connectivity index (χ2v) is 3.91. The summed E-state index contributed by atoms with van der Waals surface area (Å²) in [6, 6.07) is 3.66. The predicted octanol–water partition coefficient (Wildman–Crippen LogP) is 1.79. The van der Waals surface area contributed by atoms with Gasteiger partial charge >= 0.3 is 0 Å². The fourth-order valence-electron chi connectivity index (χ4n) is 1.32. The molecule has 0 unspecified atom stereocenters. The molecule has 1 N–H and O–H groups in total. The van der Waals surface area contributed by atoms with E-state index in [1.165, 1.54) is 5.01 Å². The molecule has 0 saturated carbocycles. The minimum absolute atomic E-state index is 0.157. The van der Waals surface area contributed by atoms with E-state index >= 15 is 0 Å². The van der Waals surface area contributed by atoms with Gasteiger partial charge < -0.3 is 0 Å². The van der Waals surface area contributed by atoms with Gasteiger partial charge in [0.2, 0.25) is 5.91 Å². The maximum atomic E-state index is 11.3. The Bertz CT molecular complexity index is 481. The number of amides is 1. The second kappa shape index (κ2) is 5.51. The van der Waals surface area contributed by atoms with Crippen LogP contribution in [0.25, 0.3) is 0 Å². The van der Waals surface area contributed by atoms with Crippen molar-refractivity contribution in [3.8, 4) is 6.07 Å². The van der Waals surface area contributed by atoms with E-state index in [0.717, 1.165) is 5.56 Å². The molecule has 5 nitrogen and oxygen atoms in total. The number of nitriles is 1. The molecule has 1 rings (SSSR count). The molecule has 1 aromatic heterocycles. The van der Waals surface area contributed by atoms with Crippen LogP contribution in [0.3, 0.4) is 0 Å². The zero-order valence-electron chi connectivity index (χ0n) is 9.91. The Morgan fingerprint density at radius 3 is 2.88 bits per heavy atom. The number of hydrogen-bond donors (Lipinski definition) is 1. The number of nitrogens with zero attached hydrogens (tertiary/aromatic N) is 3. The number of aryl methyl sites for hydroxylation is 1. The maximum Gasteiger partial charge on any atom is 0.238 e. The summed E-state index contributed by atoms with van der Waals surface area (Å²) in [6.45, 7) is 3.51. The van der Waals surface area contributed by atoms with Crippen LogP contribution in [-0.4, -0.2) is 17.9 Å². The normalized spacial score (nSPS) is 9.59. The molecule has 0 radical (unpaired) electrons. The molecule has 0 aromatic carbocycles. The Kier molecular flexibility index (Phi) is 4.30. The molecule has 0 aliphatic heterocycles. The summed E-state index contributed by atoms with van der Waals surface area (Å²) in [4.78, 5) is 15.3. The summed E-state index contributed by atoms with van der Waals surface area (Å²) in [6.07, 6.45) is 0.353. The summed E-state index contributed by atoms with van der Waals surface area (Å²) in [5.41, 5.74) is 3.72. The first-order chi connectivity index (χ1) is 7.99. The van der Waals surface area contributed by atoms with Gasteiger partial charge in [-0.15, -0.1) is 0 Å².